The number of rotatable bonds is 5. The summed E-state index contributed by atoms with van der Waals surface area (Å²) in [5, 5.41) is 4.26. The predicted octanol–water partition coefficient (Wildman–Crippen LogP) is 3.40. The molecule has 1 aliphatic carbocycles. The summed E-state index contributed by atoms with van der Waals surface area (Å²) < 4.78 is 0. The summed E-state index contributed by atoms with van der Waals surface area (Å²) >= 11 is 0. The van der Waals surface area contributed by atoms with Gasteiger partial charge in [-0.15, -0.1) is 0 Å². The minimum atomic E-state index is 0.00751. The molecule has 0 heterocycles. The average Bonchev–Trinajstić information content (AvgIpc) is 3.41. The van der Waals surface area contributed by atoms with E-state index in [0.29, 0.717) is 5.92 Å². The van der Waals surface area contributed by atoms with Crippen molar-refractivity contribution in [2.24, 2.45) is 11.0 Å². The zero-order valence-corrected chi connectivity index (χ0v) is 14.4. The van der Waals surface area contributed by atoms with Crippen LogP contribution < -0.4 is 10.3 Å². The molecular formula is C20H23N3O. The molecule has 0 saturated heterocycles. The van der Waals surface area contributed by atoms with Crippen LogP contribution in [0.3, 0.4) is 0 Å². The molecule has 1 aliphatic rings. The van der Waals surface area contributed by atoms with Gasteiger partial charge in [0.05, 0.1) is 5.71 Å². The average molecular weight is 321 g/mol. The molecule has 0 spiro atoms. The van der Waals surface area contributed by atoms with Crippen LogP contribution in [0, 0.1) is 5.92 Å². The number of nitrogens with zero attached hydrogens (tertiary/aromatic N) is 2. The first kappa shape index (κ1) is 16.2. The van der Waals surface area contributed by atoms with E-state index in [2.05, 4.69) is 27.6 Å². The highest BCUT2D eigenvalue weighted by Gasteiger charge is 2.43. The Morgan fingerprint density at radius 1 is 1.08 bits per heavy atom. The Kier molecular flexibility index (Phi) is 4.65. The van der Waals surface area contributed by atoms with Gasteiger partial charge >= 0.3 is 0 Å². The number of amides is 1. The Hall–Kier alpha value is -2.62. The molecule has 0 aliphatic heterocycles. The van der Waals surface area contributed by atoms with Crippen LogP contribution >= 0.6 is 0 Å². The van der Waals surface area contributed by atoms with Crippen LogP contribution in [0.4, 0.5) is 5.69 Å². The quantitative estimate of drug-likeness (QED) is 0.677. The van der Waals surface area contributed by atoms with E-state index >= 15 is 0 Å². The lowest BCUT2D eigenvalue weighted by Crippen LogP contribution is -2.21. The van der Waals surface area contributed by atoms with Crippen molar-refractivity contribution in [3.05, 3.63) is 65.7 Å². The molecule has 4 heteroatoms. The van der Waals surface area contributed by atoms with Crippen molar-refractivity contribution in [1.82, 2.24) is 5.43 Å². The Bertz CT molecular complexity index is 735. The van der Waals surface area contributed by atoms with Crippen molar-refractivity contribution < 1.29 is 4.79 Å². The van der Waals surface area contributed by atoms with Crippen molar-refractivity contribution in [3.63, 3.8) is 0 Å². The first-order valence-corrected chi connectivity index (χ1v) is 8.23. The van der Waals surface area contributed by atoms with Crippen LogP contribution in [0.2, 0.25) is 0 Å². The number of carbonyl (C=O) groups excluding carboxylic acids is 1. The molecule has 1 fully saturated rings. The molecular weight excluding hydrogens is 298 g/mol. The second-order valence-corrected chi connectivity index (χ2v) is 6.47. The standard InChI is InChI=1S/C20H23N3O/c1-14(15-9-11-17(12-10-15)23(2)3)21-22-20(24)19-13-18(19)16-7-5-4-6-8-16/h4-12,18-19H,13H2,1-3H3,(H,22,24)/b21-14-/t18-,19+/m1/s1. The highest BCUT2D eigenvalue weighted by molar-refractivity contribution is 5.99. The van der Waals surface area contributed by atoms with Crippen molar-refractivity contribution >= 4 is 17.3 Å². The van der Waals surface area contributed by atoms with Crippen LogP contribution in [-0.2, 0) is 4.79 Å². The summed E-state index contributed by atoms with van der Waals surface area (Å²) in [5.74, 6) is 0.384. The molecule has 1 N–H and O–H groups in total. The first-order chi connectivity index (χ1) is 11.6. The molecule has 0 unspecified atom stereocenters. The molecule has 3 rings (SSSR count). The Labute approximate surface area is 143 Å². The maximum absolute atomic E-state index is 12.2. The van der Waals surface area contributed by atoms with Crippen molar-refractivity contribution in [3.8, 4) is 0 Å². The van der Waals surface area contributed by atoms with E-state index in [1.807, 2.05) is 63.5 Å². The minimum Gasteiger partial charge on any atom is -0.378 e. The summed E-state index contributed by atoms with van der Waals surface area (Å²) in [4.78, 5) is 14.3. The van der Waals surface area contributed by atoms with Crippen LogP contribution in [0.1, 0.15) is 30.4 Å². The molecule has 0 radical (unpaired) electrons. The van der Waals surface area contributed by atoms with Gasteiger partial charge in [0.25, 0.3) is 0 Å². The third-order valence-corrected chi connectivity index (χ3v) is 4.49. The van der Waals surface area contributed by atoms with E-state index in [0.717, 1.165) is 23.4 Å². The fourth-order valence-electron chi connectivity index (χ4n) is 2.84. The zero-order chi connectivity index (χ0) is 17.1. The SMILES string of the molecule is C/C(=N/NC(=O)[C@H]1C[C@@H]1c1ccccc1)c1ccc(N(C)C)cc1. The normalized spacial score (nSPS) is 19.7. The number of hydrogen-bond acceptors (Lipinski definition) is 3. The second kappa shape index (κ2) is 6.87. The number of anilines is 1. The van der Waals surface area contributed by atoms with Gasteiger partial charge in [0.2, 0.25) is 5.91 Å². The molecule has 124 valence electrons. The number of benzene rings is 2. The van der Waals surface area contributed by atoms with Gasteiger partial charge in [-0.25, -0.2) is 5.43 Å². The van der Waals surface area contributed by atoms with Gasteiger partial charge in [-0.3, -0.25) is 4.79 Å². The lowest BCUT2D eigenvalue weighted by molar-refractivity contribution is -0.122. The fraction of sp³-hybridized carbons (Fsp3) is 0.300. The van der Waals surface area contributed by atoms with Crippen molar-refractivity contribution in [2.45, 2.75) is 19.3 Å². The van der Waals surface area contributed by atoms with Gasteiger partial charge in [0.1, 0.15) is 0 Å². The molecule has 2 atom stereocenters. The molecule has 2 aromatic carbocycles. The van der Waals surface area contributed by atoms with Crippen LogP contribution in [0.25, 0.3) is 0 Å². The van der Waals surface area contributed by atoms with Crippen LogP contribution in [-0.4, -0.2) is 25.7 Å². The largest absolute Gasteiger partial charge is 0.378 e. The number of nitrogens with one attached hydrogen (secondary N) is 1. The van der Waals surface area contributed by atoms with Crippen molar-refractivity contribution in [2.75, 3.05) is 19.0 Å². The molecule has 2 aromatic rings. The highest BCUT2D eigenvalue weighted by Crippen LogP contribution is 2.47. The Balaban J connectivity index is 1.58. The van der Waals surface area contributed by atoms with E-state index in [1.165, 1.54) is 5.56 Å². The van der Waals surface area contributed by atoms with Gasteiger partial charge in [0.15, 0.2) is 0 Å². The summed E-state index contributed by atoms with van der Waals surface area (Å²) in [6.45, 7) is 1.91. The highest BCUT2D eigenvalue weighted by atomic mass is 16.2. The van der Waals surface area contributed by atoms with Gasteiger partial charge in [-0.05, 0) is 42.5 Å². The molecule has 1 saturated carbocycles. The predicted molar refractivity (Wildman–Crippen MR) is 98.4 cm³/mol. The smallest absolute Gasteiger partial charge is 0.243 e. The zero-order valence-electron chi connectivity index (χ0n) is 14.4. The number of hydrazone groups is 1. The topological polar surface area (TPSA) is 44.7 Å². The van der Waals surface area contributed by atoms with Crippen LogP contribution in [0.5, 0.6) is 0 Å². The van der Waals surface area contributed by atoms with Crippen LogP contribution in [0.15, 0.2) is 59.7 Å². The monoisotopic (exact) mass is 321 g/mol. The Morgan fingerprint density at radius 3 is 2.38 bits per heavy atom. The van der Waals surface area contributed by atoms with E-state index in [4.69, 9.17) is 0 Å². The van der Waals surface area contributed by atoms with E-state index in [9.17, 15) is 4.79 Å². The van der Waals surface area contributed by atoms with E-state index in [1.54, 1.807) is 0 Å². The lowest BCUT2D eigenvalue weighted by Gasteiger charge is -2.12. The Morgan fingerprint density at radius 2 is 1.75 bits per heavy atom. The first-order valence-electron chi connectivity index (χ1n) is 8.23. The van der Waals surface area contributed by atoms with Gasteiger partial charge in [-0.1, -0.05) is 42.5 Å². The van der Waals surface area contributed by atoms with Crippen molar-refractivity contribution in [1.29, 1.82) is 0 Å². The molecule has 24 heavy (non-hydrogen) atoms. The summed E-state index contributed by atoms with van der Waals surface area (Å²) in [6.07, 6.45) is 0.905. The van der Waals surface area contributed by atoms with Gasteiger partial charge < -0.3 is 4.90 Å². The summed E-state index contributed by atoms with van der Waals surface area (Å²) in [5.41, 5.74) is 6.91. The van der Waals surface area contributed by atoms with E-state index in [-0.39, 0.29) is 11.8 Å². The number of carbonyl (C=O) groups is 1. The number of hydrogen-bond donors (Lipinski definition) is 1. The summed E-state index contributed by atoms with van der Waals surface area (Å²) in [6, 6.07) is 18.3. The fourth-order valence-corrected chi connectivity index (χ4v) is 2.84. The summed E-state index contributed by atoms with van der Waals surface area (Å²) in [7, 11) is 4.02. The van der Waals surface area contributed by atoms with Gasteiger partial charge in [0, 0.05) is 25.7 Å². The maximum atomic E-state index is 12.2. The molecule has 0 bridgehead atoms. The molecule has 4 nitrogen and oxygen atoms in total. The third kappa shape index (κ3) is 3.65. The minimum absolute atomic E-state index is 0.00751. The van der Waals surface area contributed by atoms with Gasteiger partial charge in [-0.2, -0.15) is 5.10 Å². The third-order valence-electron chi connectivity index (χ3n) is 4.49. The van der Waals surface area contributed by atoms with E-state index < -0.39 is 0 Å². The lowest BCUT2D eigenvalue weighted by atomic mass is 10.1. The molecule has 0 aromatic heterocycles. The molecule has 1 amide bonds. The maximum Gasteiger partial charge on any atom is 0.243 e. The second-order valence-electron chi connectivity index (χ2n) is 6.47.